The molecule has 5 rings (SSSR count). The second-order valence-electron chi connectivity index (χ2n) is 6.91. The van der Waals surface area contributed by atoms with Crippen molar-refractivity contribution < 1.29 is 4.79 Å². The van der Waals surface area contributed by atoms with Crippen LogP contribution in [-0.4, -0.2) is 20.7 Å². The van der Waals surface area contributed by atoms with Crippen LogP contribution in [0.1, 0.15) is 15.9 Å². The predicted molar refractivity (Wildman–Crippen MR) is 111 cm³/mol. The molecule has 0 atom stereocenters. The molecule has 0 saturated heterocycles. The van der Waals surface area contributed by atoms with Crippen LogP contribution in [0.25, 0.3) is 22.6 Å². The van der Waals surface area contributed by atoms with Gasteiger partial charge in [0.1, 0.15) is 5.69 Å². The molecule has 0 N–H and O–H groups in total. The minimum atomic E-state index is -0.0852. The van der Waals surface area contributed by atoms with Gasteiger partial charge in [-0.05, 0) is 11.1 Å². The summed E-state index contributed by atoms with van der Waals surface area (Å²) in [5.74, 6) is 0.460. The summed E-state index contributed by atoms with van der Waals surface area (Å²) in [6, 6.07) is 27.6. The third kappa shape index (κ3) is 3.27. The van der Waals surface area contributed by atoms with Gasteiger partial charge >= 0.3 is 0 Å². The molecule has 1 aromatic heterocycles. The van der Waals surface area contributed by atoms with Gasteiger partial charge in [-0.15, -0.1) is 0 Å². The first-order valence-corrected chi connectivity index (χ1v) is 9.52. The highest BCUT2D eigenvalue weighted by atomic mass is 16.2. The lowest BCUT2D eigenvalue weighted by Gasteiger charge is -2.19. The smallest absolute Gasteiger partial charge is 0.253 e. The molecule has 1 aliphatic heterocycles. The fourth-order valence-electron chi connectivity index (χ4n) is 3.51. The number of rotatable bonds is 3. The molecule has 0 bridgehead atoms. The molecule has 3 aromatic carbocycles. The molecule has 0 fully saturated rings. The van der Waals surface area contributed by atoms with Crippen molar-refractivity contribution in [2.45, 2.75) is 13.0 Å². The van der Waals surface area contributed by atoms with Gasteiger partial charge in [-0.3, -0.25) is 9.79 Å². The maximum atomic E-state index is 12.8. The van der Waals surface area contributed by atoms with Crippen molar-refractivity contribution in [1.82, 2.24) is 14.8 Å². The molecular formula is C24H18N4O. The van der Waals surface area contributed by atoms with Gasteiger partial charge in [-0.2, -0.15) is 9.78 Å². The minimum Gasteiger partial charge on any atom is -0.272 e. The number of aromatic nitrogens is 3. The first-order chi connectivity index (χ1) is 14.3. The summed E-state index contributed by atoms with van der Waals surface area (Å²) in [4.78, 5) is 22.3. The van der Waals surface area contributed by atoms with Crippen LogP contribution in [0.2, 0.25) is 0 Å². The molecule has 1 aliphatic rings. The van der Waals surface area contributed by atoms with Gasteiger partial charge in [-0.1, -0.05) is 84.9 Å². The minimum absolute atomic E-state index is 0.0852. The summed E-state index contributed by atoms with van der Waals surface area (Å²) in [7, 11) is 0. The Kier molecular flexibility index (Phi) is 4.33. The fourth-order valence-corrected chi connectivity index (χ4v) is 3.51. The van der Waals surface area contributed by atoms with Crippen molar-refractivity contribution in [3.63, 3.8) is 0 Å². The summed E-state index contributed by atoms with van der Waals surface area (Å²) in [5, 5.41) is 4.69. The van der Waals surface area contributed by atoms with E-state index in [0.29, 0.717) is 30.0 Å². The summed E-state index contributed by atoms with van der Waals surface area (Å²) in [6.07, 6.45) is 0.317. The Morgan fingerprint density at radius 1 is 0.862 bits per heavy atom. The first-order valence-electron chi connectivity index (χ1n) is 9.52. The summed E-state index contributed by atoms with van der Waals surface area (Å²) in [5.41, 5.74) is 5.02. The van der Waals surface area contributed by atoms with E-state index in [9.17, 15) is 4.79 Å². The van der Waals surface area contributed by atoms with Gasteiger partial charge in [-0.25, -0.2) is 4.98 Å². The van der Waals surface area contributed by atoms with Gasteiger partial charge in [0.15, 0.2) is 11.3 Å². The van der Waals surface area contributed by atoms with Crippen molar-refractivity contribution in [2.75, 3.05) is 0 Å². The van der Waals surface area contributed by atoms with Crippen molar-refractivity contribution in [2.24, 2.45) is 4.99 Å². The Hall–Kier alpha value is -3.86. The van der Waals surface area contributed by atoms with E-state index < -0.39 is 0 Å². The molecule has 4 aromatic rings. The van der Waals surface area contributed by atoms with E-state index in [1.54, 1.807) is 0 Å². The van der Waals surface area contributed by atoms with Crippen molar-refractivity contribution >= 4 is 5.91 Å². The van der Waals surface area contributed by atoms with Crippen LogP contribution < -0.4 is 5.49 Å². The van der Waals surface area contributed by atoms with Crippen LogP contribution >= 0.6 is 0 Å². The van der Waals surface area contributed by atoms with E-state index in [2.05, 4.69) is 5.10 Å². The Morgan fingerprint density at radius 2 is 1.55 bits per heavy atom. The largest absolute Gasteiger partial charge is 0.272 e. The lowest BCUT2D eigenvalue weighted by Crippen LogP contribution is -2.30. The Labute approximate surface area is 168 Å². The molecule has 140 valence electrons. The topological polar surface area (TPSA) is 60.1 Å². The van der Waals surface area contributed by atoms with Crippen LogP contribution in [0, 0.1) is 0 Å². The van der Waals surface area contributed by atoms with Gasteiger partial charge in [0.05, 0.1) is 13.0 Å². The molecule has 0 unspecified atom stereocenters. The molecule has 2 heterocycles. The predicted octanol–water partition coefficient (Wildman–Crippen LogP) is 3.91. The van der Waals surface area contributed by atoms with Crippen LogP contribution in [0.4, 0.5) is 0 Å². The van der Waals surface area contributed by atoms with Crippen LogP contribution in [0.15, 0.2) is 89.9 Å². The first kappa shape index (κ1) is 17.3. The molecule has 5 heteroatoms. The highest BCUT2D eigenvalue weighted by Gasteiger charge is 2.24. The van der Waals surface area contributed by atoms with E-state index in [1.807, 2.05) is 84.9 Å². The van der Waals surface area contributed by atoms with Crippen molar-refractivity contribution in [3.05, 3.63) is 102 Å². The molecule has 0 spiro atoms. The molecule has 0 aliphatic carbocycles. The van der Waals surface area contributed by atoms with Crippen molar-refractivity contribution in [3.8, 4) is 22.6 Å². The number of carbonyl (C=O) groups excluding carboxylic acids is 1. The standard InChI is InChI=1S/C24H18N4O/c29-21-15-19-13-7-8-14-20(19)24-26-23(25-16-17-9-3-1-4-10-17)22(27-28(21)24)18-11-5-2-6-12-18/h1-14H,15-16H2. The third-order valence-corrected chi connectivity index (χ3v) is 4.96. The van der Waals surface area contributed by atoms with E-state index in [-0.39, 0.29) is 5.91 Å². The molecular weight excluding hydrogens is 360 g/mol. The Bertz CT molecular complexity index is 1260. The van der Waals surface area contributed by atoms with Crippen LogP contribution in [0.5, 0.6) is 0 Å². The molecule has 0 radical (unpaired) electrons. The lowest BCUT2D eigenvalue weighted by molar-refractivity contribution is 0.0893. The van der Waals surface area contributed by atoms with Gasteiger partial charge in [0.2, 0.25) is 0 Å². The van der Waals surface area contributed by atoms with E-state index in [1.165, 1.54) is 4.68 Å². The second-order valence-corrected chi connectivity index (χ2v) is 6.91. The maximum absolute atomic E-state index is 12.8. The normalized spacial score (nSPS) is 13.1. The fraction of sp³-hybridized carbons (Fsp3) is 0.0833. The quantitative estimate of drug-likeness (QED) is 0.543. The molecule has 29 heavy (non-hydrogen) atoms. The highest BCUT2D eigenvalue weighted by molar-refractivity contribution is 5.89. The number of hydrogen-bond acceptors (Lipinski definition) is 4. The van der Waals surface area contributed by atoms with E-state index in [0.717, 1.165) is 22.3 Å². The lowest BCUT2D eigenvalue weighted by atomic mass is 10.0. The number of carbonyl (C=O) groups is 1. The van der Waals surface area contributed by atoms with Crippen LogP contribution in [-0.2, 0) is 13.0 Å². The number of nitrogens with zero attached hydrogens (tertiary/aromatic N) is 4. The van der Waals surface area contributed by atoms with Gasteiger partial charge in [0.25, 0.3) is 5.91 Å². The Balaban J connectivity index is 1.73. The summed E-state index contributed by atoms with van der Waals surface area (Å²) >= 11 is 0. The zero-order valence-corrected chi connectivity index (χ0v) is 15.7. The zero-order chi connectivity index (χ0) is 19.6. The highest BCUT2D eigenvalue weighted by Crippen LogP contribution is 2.26. The van der Waals surface area contributed by atoms with E-state index in [4.69, 9.17) is 9.98 Å². The average Bonchev–Trinajstić information content (AvgIpc) is 2.78. The monoisotopic (exact) mass is 378 g/mol. The molecule has 0 amide bonds. The molecule has 0 saturated carbocycles. The van der Waals surface area contributed by atoms with Crippen LogP contribution in [0.3, 0.4) is 0 Å². The molecule has 5 nitrogen and oxygen atoms in total. The van der Waals surface area contributed by atoms with Gasteiger partial charge in [0, 0.05) is 11.1 Å². The van der Waals surface area contributed by atoms with E-state index >= 15 is 0 Å². The van der Waals surface area contributed by atoms with Gasteiger partial charge < -0.3 is 0 Å². The summed E-state index contributed by atoms with van der Waals surface area (Å²) in [6.45, 7) is 0.494. The second kappa shape index (κ2) is 7.28. The maximum Gasteiger partial charge on any atom is 0.253 e. The number of fused-ring (bicyclic) bond motifs is 3. The Morgan fingerprint density at radius 3 is 2.34 bits per heavy atom. The third-order valence-electron chi connectivity index (χ3n) is 4.96. The van der Waals surface area contributed by atoms with Crippen molar-refractivity contribution in [1.29, 1.82) is 0 Å². The number of hydrogen-bond donors (Lipinski definition) is 0. The average molecular weight is 378 g/mol. The zero-order valence-electron chi connectivity index (χ0n) is 15.7. The number of benzene rings is 3. The summed E-state index contributed by atoms with van der Waals surface area (Å²) < 4.78 is 1.42. The SMILES string of the molecule is O=C1Cc2ccccc2-c2nc(=NCc3ccccc3)c(-c3ccccc3)nn21.